The molecule has 1 heterocycles. The Morgan fingerprint density at radius 3 is 2.02 bits per heavy atom. The summed E-state index contributed by atoms with van der Waals surface area (Å²) in [7, 11) is 0. The first-order chi connectivity index (χ1) is 22.6. The van der Waals surface area contributed by atoms with Crippen LogP contribution in [0.25, 0.3) is 76.8 Å². The summed E-state index contributed by atoms with van der Waals surface area (Å²) < 4.78 is 6.39. The molecule has 1 aliphatic heterocycles. The molecule has 10 rings (SSSR count). The number of benzene rings is 8. The molecule has 0 unspecified atom stereocenters. The van der Waals surface area contributed by atoms with Crippen molar-refractivity contribution in [1.29, 1.82) is 0 Å². The summed E-state index contributed by atoms with van der Waals surface area (Å²) in [6.07, 6.45) is 0. The zero-order valence-corrected chi connectivity index (χ0v) is 25.8. The molecule has 0 atom stereocenters. The van der Waals surface area contributed by atoms with Gasteiger partial charge < -0.3 is 4.74 Å². The Morgan fingerprint density at radius 2 is 1.11 bits per heavy atom. The topological polar surface area (TPSA) is 9.23 Å². The molecule has 0 fully saturated rings. The van der Waals surface area contributed by atoms with Gasteiger partial charge in [-0.3, -0.25) is 0 Å². The van der Waals surface area contributed by atoms with Gasteiger partial charge in [0.2, 0.25) is 0 Å². The number of fused-ring (bicyclic) bond motifs is 8. The maximum Gasteiger partial charge on any atom is 0.135 e. The molecule has 0 bridgehead atoms. The van der Waals surface area contributed by atoms with Gasteiger partial charge in [-0.05, 0) is 101 Å². The van der Waals surface area contributed by atoms with E-state index >= 15 is 0 Å². The fourth-order valence-corrected chi connectivity index (χ4v) is 8.20. The highest BCUT2D eigenvalue weighted by molar-refractivity contribution is 6.11. The predicted molar refractivity (Wildman–Crippen MR) is 193 cm³/mol. The second kappa shape index (κ2) is 9.19. The second-order valence-corrected chi connectivity index (χ2v) is 13.3. The Balaban J connectivity index is 1.15. The van der Waals surface area contributed by atoms with Crippen LogP contribution in [-0.2, 0) is 5.41 Å². The van der Waals surface area contributed by atoms with Gasteiger partial charge in [0, 0.05) is 16.4 Å². The number of para-hydroxylation sites is 1. The molecule has 1 aliphatic carbocycles. The zero-order valence-electron chi connectivity index (χ0n) is 25.8. The molecule has 46 heavy (non-hydrogen) atoms. The van der Waals surface area contributed by atoms with Gasteiger partial charge in [-0.1, -0.05) is 135 Å². The summed E-state index contributed by atoms with van der Waals surface area (Å²) in [6, 6.07) is 53.4. The third kappa shape index (κ3) is 3.46. The van der Waals surface area contributed by atoms with Gasteiger partial charge in [-0.2, -0.15) is 0 Å². The van der Waals surface area contributed by atoms with E-state index in [1.165, 1.54) is 82.4 Å². The molecule has 216 valence electrons. The quantitative estimate of drug-likeness (QED) is 0.196. The van der Waals surface area contributed by atoms with E-state index in [0.717, 1.165) is 17.1 Å². The van der Waals surface area contributed by atoms with E-state index in [1.54, 1.807) is 0 Å². The van der Waals surface area contributed by atoms with Crippen LogP contribution in [0.1, 0.15) is 25.0 Å². The molecule has 0 N–H and O–H groups in total. The summed E-state index contributed by atoms with van der Waals surface area (Å²) in [4.78, 5) is 0. The highest BCUT2D eigenvalue weighted by Crippen LogP contribution is 2.54. The van der Waals surface area contributed by atoms with Gasteiger partial charge in [0.1, 0.15) is 11.5 Å². The average Bonchev–Trinajstić information content (AvgIpc) is 3.34. The van der Waals surface area contributed by atoms with E-state index < -0.39 is 0 Å². The average molecular weight is 587 g/mol. The van der Waals surface area contributed by atoms with Crippen molar-refractivity contribution in [2.75, 3.05) is 0 Å². The van der Waals surface area contributed by atoms with Crippen LogP contribution in [0, 0.1) is 0 Å². The number of hydrogen-bond donors (Lipinski definition) is 0. The third-order valence-electron chi connectivity index (χ3n) is 10.5. The van der Waals surface area contributed by atoms with Gasteiger partial charge in [-0.25, -0.2) is 0 Å². The van der Waals surface area contributed by atoms with Gasteiger partial charge in [0.25, 0.3) is 0 Å². The summed E-state index contributed by atoms with van der Waals surface area (Å²) in [6.45, 7) is 4.76. The lowest BCUT2D eigenvalue weighted by molar-refractivity contribution is 0.487. The minimum absolute atomic E-state index is 0.123. The van der Waals surface area contributed by atoms with E-state index in [4.69, 9.17) is 4.74 Å². The molecule has 8 aromatic rings. The molecule has 0 spiro atoms. The lowest BCUT2D eigenvalue weighted by atomic mass is 9.80. The number of hydrogen-bond acceptors (Lipinski definition) is 1. The van der Waals surface area contributed by atoms with E-state index in [1.807, 2.05) is 6.07 Å². The third-order valence-corrected chi connectivity index (χ3v) is 10.5. The van der Waals surface area contributed by atoms with Crippen LogP contribution in [0.5, 0.6) is 11.5 Å². The SMILES string of the molecule is CC1(C)c2cc(-c3ccc4c5c(cccc35)-c3ccccc3O4)ccc2-c2c1ccc1c(-c3ccc4ccccc4c3)cccc21. The maximum absolute atomic E-state index is 6.39. The monoisotopic (exact) mass is 586 g/mol. The normalized spacial score (nSPS) is 13.8. The molecule has 0 aromatic heterocycles. The zero-order chi connectivity index (χ0) is 30.6. The Bertz CT molecular complexity index is 2590. The van der Waals surface area contributed by atoms with Crippen molar-refractivity contribution in [2.24, 2.45) is 0 Å². The Labute approximate surface area is 268 Å². The van der Waals surface area contributed by atoms with Crippen molar-refractivity contribution in [1.82, 2.24) is 0 Å². The van der Waals surface area contributed by atoms with E-state index in [9.17, 15) is 0 Å². The van der Waals surface area contributed by atoms with Crippen LogP contribution < -0.4 is 4.74 Å². The molecule has 0 saturated heterocycles. The first kappa shape index (κ1) is 25.6. The lowest BCUT2D eigenvalue weighted by Crippen LogP contribution is -2.15. The first-order valence-electron chi connectivity index (χ1n) is 16.1. The van der Waals surface area contributed by atoms with Gasteiger partial charge in [0.15, 0.2) is 0 Å². The van der Waals surface area contributed by atoms with E-state index in [-0.39, 0.29) is 5.41 Å². The Morgan fingerprint density at radius 1 is 0.413 bits per heavy atom. The van der Waals surface area contributed by atoms with Crippen LogP contribution in [-0.4, -0.2) is 0 Å². The Hall–Kier alpha value is -5.66. The summed E-state index contributed by atoms with van der Waals surface area (Å²) in [5, 5.41) is 7.57. The fourth-order valence-electron chi connectivity index (χ4n) is 8.20. The summed E-state index contributed by atoms with van der Waals surface area (Å²) >= 11 is 0. The van der Waals surface area contributed by atoms with Crippen LogP contribution in [0.15, 0.2) is 146 Å². The van der Waals surface area contributed by atoms with Gasteiger partial charge in [-0.15, -0.1) is 0 Å². The maximum atomic E-state index is 6.39. The molecule has 0 radical (unpaired) electrons. The second-order valence-electron chi connectivity index (χ2n) is 13.3. The molecule has 0 amide bonds. The van der Waals surface area contributed by atoms with Crippen LogP contribution in [0.3, 0.4) is 0 Å². The fraction of sp³-hybridized carbons (Fsp3) is 0.0667. The molecule has 1 nitrogen and oxygen atoms in total. The minimum Gasteiger partial charge on any atom is -0.456 e. The molecule has 8 aromatic carbocycles. The molecular weight excluding hydrogens is 556 g/mol. The number of ether oxygens (including phenoxy) is 1. The van der Waals surface area contributed by atoms with E-state index in [0.29, 0.717) is 0 Å². The molecular formula is C45H30O. The van der Waals surface area contributed by atoms with Gasteiger partial charge in [0.05, 0.1) is 0 Å². The molecule has 1 heteroatoms. The van der Waals surface area contributed by atoms with Gasteiger partial charge >= 0.3 is 0 Å². The first-order valence-corrected chi connectivity index (χ1v) is 16.1. The summed E-state index contributed by atoms with van der Waals surface area (Å²) in [5.74, 6) is 1.85. The highest BCUT2D eigenvalue weighted by Gasteiger charge is 2.37. The van der Waals surface area contributed by atoms with Crippen molar-refractivity contribution < 1.29 is 4.74 Å². The lowest BCUT2D eigenvalue weighted by Gasteiger charge is -2.24. The largest absolute Gasteiger partial charge is 0.456 e. The molecule has 2 aliphatic rings. The minimum atomic E-state index is -0.123. The van der Waals surface area contributed by atoms with Crippen molar-refractivity contribution in [3.63, 3.8) is 0 Å². The van der Waals surface area contributed by atoms with Crippen molar-refractivity contribution in [3.05, 3.63) is 157 Å². The number of rotatable bonds is 2. The Kier molecular flexibility index (Phi) is 5.12. The van der Waals surface area contributed by atoms with Crippen molar-refractivity contribution in [3.8, 4) is 56.0 Å². The van der Waals surface area contributed by atoms with Crippen LogP contribution in [0.4, 0.5) is 0 Å². The van der Waals surface area contributed by atoms with Crippen LogP contribution in [0.2, 0.25) is 0 Å². The molecule has 0 saturated carbocycles. The van der Waals surface area contributed by atoms with E-state index in [2.05, 4.69) is 153 Å². The predicted octanol–water partition coefficient (Wildman–Crippen LogP) is 12.6. The highest BCUT2D eigenvalue weighted by atomic mass is 16.5. The van der Waals surface area contributed by atoms with Crippen molar-refractivity contribution in [2.45, 2.75) is 19.3 Å². The summed E-state index contributed by atoms with van der Waals surface area (Å²) in [5.41, 5.74) is 12.8. The van der Waals surface area contributed by atoms with Crippen LogP contribution >= 0.6 is 0 Å². The smallest absolute Gasteiger partial charge is 0.135 e. The van der Waals surface area contributed by atoms with Crippen molar-refractivity contribution >= 4 is 32.3 Å². The standard InChI is InChI=1S/C45H30O/c1-45(2)39-23-21-33-31(29-18-17-27-9-3-4-10-28(27)25-29)12-7-14-36(33)43(39)38-20-19-30(26-40(38)45)32-22-24-42-44-35(32)13-8-15-37(44)34-11-5-6-16-41(34)46-42/h3-26H,1-2H3.